The van der Waals surface area contributed by atoms with Gasteiger partial charge in [-0.25, -0.2) is 8.42 Å². The summed E-state index contributed by atoms with van der Waals surface area (Å²) in [5, 5.41) is 3.09. The van der Waals surface area contributed by atoms with Crippen molar-refractivity contribution >= 4 is 27.1 Å². The largest absolute Gasteiger partial charge is 0.374 e. The first kappa shape index (κ1) is 11.9. The Hall–Kier alpha value is -1.18. The van der Waals surface area contributed by atoms with Crippen LogP contribution in [0.4, 0.5) is 5.69 Å². The van der Waals surface area contributed by atoms with Crippen LogP contribution in [0.25, 0.3) is 0 Å². The fourth-order valence-electron chi connectivity index (χ4n) is 1.05. The van der Waals surface area contributed by atoms with E-state index in [0.717, 1.165) is 6.26 Å². The molecular formula is C10H10ClNO2S. The lowest BCUT2D eigenvalue weighted by Gasteiger charge is -2.06. The number of terminal acetylenes is 1. The van der Waals surface area contributed by atoms with Crippen molar-refractivity contribution in [2.24, 2.45) is 0 Å². The van der Waals surface area contributed by atoms with E-state index in [2.05, 4.69) is 11.2 Å². The smallest absolute Gasteiger partial charge is 0.177 e. The molecule has 5 heteroatoms. The molecule has 0 aliphatic heterocycles. The minimum atomic E-state index is -3.30. The SMILES string of the molecule is C#CCNc1ccc(Cl)c(S(C)(=O)=O)c1. The normalized spacial score (nSPS) is 10.7. The number of rotatable bonds is 3. The molecule has 0 aromatic heterocycles. The van der Waals surface area contributed by atoms with Crippen molar-refractivity contribution in [3.63, 3.8) is 0 Å². The Morgan fingerprint density at radius 2 is 2.20 bits per heavy atom. The van der Waals surface area contributed by atoms with Gasteiger partial charge in [0.1, 0.15) is 0 Å². The minimum Gasteiger partial charge on any atom is -0.374 e. The lowest BCUT2D eigenvalue weighted by atomic mass is 10.3. The van der Waals surface area contributed by atoms with Gasteiger partial charge in [-0.05, 0) is 18.2 Å². The average molecular weight is 244 g/mol. The van der Waals surface area contributed by atoms with Crippen LogP contribution in [0, 0.1) is 12.3 Å². The van der Waals surface area contributed by atoms with Crippen molar-refractivity contribution in [1.82, 2.24) is 0 Å². The molecule has 0 radical (unpaired) electrons. The van der Waals surface area contributed by atoms with Crippen LogP contribution < -0.4 is 5.32 Å². The molecule has 15 heavy (non-hydrogen) atoms. The molecule has 1 aromatic carbocycles. The van der Waals surface area contributed by atoms with E-state index in [4.69, 9.17) is 18.0 Å². The molecule has 0 fully saturated rings. The Kier molecular flexibility index (Phi) is 3.61. The summed E-state index contributed by atoms with van der Waals surface area (Å²) in [6.45, 7) is 0.338. The molecule has 80 valence electrons. The lowest BCUT2D eigenvalue weighted by molar-refractivity contribution is 0.602. The predicted molar refractivity (Wildman–Crippen MR) is 61.9 cm³/mol. The van der Waals surface area contributed by atoms with Crippen LogP contribution in [0.3, 0.4) is 0 Å². The summed E-state index contributed by atoms with van der Waals surface area (Å²) >= 11 is 5.77. The second-order valence-corrected chi connectivity index (χ2v) is 5.37. The van der Waals surface area contributed by atoms with Gasteiger partial charge in [0.15, 0.2) is 9.84 Å². The van der Waals surface area contributed by atoms with Crippen molar-refractivity contribution in [2.75, 3.05) is 18.1 Å². The van der Waals surface area contributed by atoms with E-state index in [1.807, 2.05) is 0 Å². The highest BCUT2D eigenvalue weighted by Gasteiger charge is 2.12. The van der Waals surface area contributed by atoms with Crippen LogP contribution in [0.1, 0.15) is 0 Å². The molecule has 1 rings (SSSR count). The van der Waals surface area contributed by atoms with Gasteiger partial charge in [-0.1, -0.05) is 17.5 Å². The monoisotopic (exact) mass is 243 g/mol. The first-order valence-electron chi connectivity index (χ1n) is 4.12. The molecule has 0 atom stereocenters. The van der Waals surface area contributed by atoms with E-state index in [1.165, 1.54) is 12.1 Å². The van der Waals surface area contributed by atoms with E-state index in [0.29, 0.717) is 12.2 Å². The van der Waals surface area contributed by atoms with Gasteiger partial charge in [0.25, 0.3) is 0 Å². The summed E-state index contributed by atoms with van der Waals surface area (Å²) in [5.41, 5.74) is 0.637. The van der Waals surface area contributed by atoms with E-state index in [1.54, 1.807) is 6.07 Å². The maximum absolute atomic E-state index is 11.3. The van der Waals surface area contributed by atoms with E-state index in [-0.39, 0.29) is 9.92 Å². The van der Waals surface area contributed by atoms with Crippen LogP contribution in [-0.2, 0) is 9.84 Å². The molecule has 0 amide bonds. The second-order valence-electron chi connectivity index (χ2n) is 2.98. The van der Waals surface area contributed by atoms with Crippen molar-refractivity contribution < 1.29 is 8.42 Å². The highest BCUT2D eigenvalue weighted by molar-refractivity contribution is 7.90. The van der Waals surface area contributed by atoms with E-state index < -0.39 is 9.84 Å². The number of halogens is 1. The minimum absolute atomic E-state index is 0.103. The van der Waals surface area contributed by atoms with Crippen molar-refractivity contribution in [3.05, 3.63) is 23.2 Å². The zero-order valence-corrected chi connectivity index (χ0v) is 9.69. The number of benzene rings is 1. The first-order valence-corrected chi connectivity index (χ1v) is 6.39. The Balaban J connectivity index is 3.13. The standard InChI is InChI=1S/C10H10ClNO2S/c1-3-6-12-8-4-5-9(11)10(7-8)15(2,13)14/h1,4-5,7,12H,6H2,2H3. The maximum Gasteiger partial charge on any atom is 0.177 e. The highest BCUT2D eigenvalue weighted by atomic mass is 35.5. The van der Waals surface area contributed by atoms with Gasteiger partial charge < -0.3 is 5.32 Å². The molecule has 0 unspecified atom stereocenters. The quantitative estimate of drug-likeness (QED) is 0.824. The molecule has 1 aromatic rings. The van der Waals surface area contributed by atoms with Gasteiger partial charge in [-0.2, -0.15) is 0 Å². The summed E-state index contributed by atoms with van der Waals surface area (Å²) in [6, 6.07) is 4.67. The Bertz CT molecular complexity index is 503. The maximum atomic E-state index is 11.3. The van der Waals surface area contributed by atoms with Gasteiger partial charge in [0.2, 0.25) is 0 Å². The molecule has 0 saturated carbocycles. The van der Waals surface area contributed by atoms with Crippen LogP contribution in [-0.4, -0.2) is 21.2 Å². The van der Waals surface area contributed by atoms with Crippen LogP contribution in [0.15, 0.2) is 23.1 Å². The zero-order chi connectivity index (χ0) is 11.5. The molecule has 0 spiro atoms. The Morgan fingerprint density at radius 3 is 2.73 bits per heavy atom. The molecule has 0 bridgehead atoms. The molecule has 0 aliphatic carbocycles. The van der Waals surface area contributed by atoms with Crippen molar-refractivity contribution in [3.8, 4) is 12.3 Å². The summed E-state index contributed by atoms with van der Waals surface area (Å²) in [6.07, 6.45) is 6.18. The fraction of sp³-hybridized carbons (Fsp3) is 0.200. The van der Waals surface area contributed by atoms with Crippen LogP contribution in [0.2, 0.25) is 5.02 Å². The number of anilines is 1. The van der Waals surface area contributed by atoms with Gasteiger partial charge >= 0.3 is 0 Å². The molecular weight excluding hydrogens is 234 g/mol. The predicted octanol–water partition coefficient (Wildman–Crippen LogP) is 1.79. The van der Waals surface area contributed by atoms with E-state index >= 15 is 0 Å². The fourth-order valence-corrected chi connectivity index (χ4v) is 2.35. The summed E-state index contributed by atoms with van der Waals surface area (Å²) in [4.78, 5) is 0.103. The highest BCUT2D eigenvalue weighted by Crippen LogP contribution is 2.24. The summed E-state index contributed by atoms with van der Waals surface area (Å²) in [7, 11) is -3.30. The Labute approximate surface area is 94.4 Å². The topological polar surface area (TPSA) is 46.2 Å². The van der Waals surface area contributed by atoms with Gasteiger partial charge in [0.05, 0.1) is 16.5 Å². The third-order valence-electron chi connectivity index (χ3n) is 1.73. The summed E-state index contributed by atoms with van der Waals surface area (Å²) in [5.74, 6) is 2.40. The Morgan fingerprint density at radius 1 is 1.53 bits per heavy atom. The molecule has 1 N–H and O–H groups in total. The van der Waals surface area contributed by atoms with Gasteiger partial charge in [-0.15, -0.1) is 6.42 Å². The second kappa shape index (κ2) is 4.56. The van der Waals surface area contributed by atoms with Crippen LogP contribution in [0.5, 0.6) is 0 Å². The third-order valence-corrected chi connectivity index (χ3v) is 3.30. The molecule has 0 heterocycles. The molecule has 0 aliphatic rings. The summed E-state index contributed by atoms with van der Waals surface area (Å²) < 4.78 is 22.7. The third kappa shape index (κ3) is 3.15. The van der Waals surface area contributed by atoms with Crippen LogP contribution >= 0.6 is 11.6 Å². The number of sulfone groups is 1. The molecule has 0 saturated heterocycles. The zero-order valence-electron chi connectivity index (χ0n) is 8.12. The van der Waals surface area contributed by atoms with Crippen molar-refractivity contribution in [1.29, 1.82) is 0 Å². The van der Waals surface area contributed by atoms with Crippen molar-refractivity contribution in [2.45, 2.75) is 4.90 Å². The number of hydrogen-bond donors (Lipinski definition) is 1. The average Bonchev–Trinajstić information content (AvgIpc) is 2.15. The lowest BCUT2D eigenvalue weighted by Crippen LogP contribution is -2.02. The van der Waals surface area contributed by atoms with E-state index in [9.17, 15) is 8.42 Å². The molecule has 3 nitrogen and oxygen atoms in total. The first-order chi connectivity index (χ1) is 6.95. The number of hydrogen-bond acceptors (Lipinski definition) is 3. The number of nitrogens with one attached hydrogen (secondary N) is 1. The van der Waals surface area contributed by atoms with Gasteiger partial charge in [-0.3, -0.25) is 0 Å². The van der Waals surface area contributed by atoms with Gasteiger partial charge in [0, 0.05) is 11.9 Å².